The van der Waals surface area contributed by atoms with E-state index in [9.17, 15) is 23.1 Å². The molecule has 10 heteroatoms. The van der Waals surface area contributed by atoms with Crippen molar-refractivity contribution in [2.24, 2.45) is 4.99 Å². The number of aromatic hydroxyl groups is 1. The minimum Gasteiger partial charge on any atom is -0.508 e. The van der Waals surface area contributed by atoms with Crippen LogP contribution < -0.4 is 20.7 Å². The second-order valence-electron chi connectivity index (χ2n) is 6.44. The molecule has 2 aromatic rings. The van der Waals surface area contributed by atoms with Gasteiger partial charge < -0.3 is 25.8 Å². The zero-order chi connectivity index (χ0) is 22.7. The van der Waals surface area contributed by atoms with Gasteiger partial charge in [0.2, 0.25) is 0 Å². The number of phenols is 1. The highest BCUT2D eigenvalue weighted by Gasteiger charge is 2.31. The molecule has 0 aromatic heterocycles. The Bertz CT molecular complexity index is 888. The number of nitrogens with one attached hydrogen (secondary N) is 3. The van der Waals surface area contributed by atoms with Crippen LogP contribution in [0.2, 0.25) is 0 Å². The average molecular weight is 438 g/mol. The van der Waals surface area contributed by atoms with E-state index < -0.39 is 6.36 Å². The van der Waals surface area contributed by atoms with E-state index in [0.29, 0.717) is 43.1 Å². The standard InChI is InChI=1S/C21H25F3N4O3/c1-2-25-20(28-14-16-7-3-4-10-18(16)31-21(22,23)24)27-12-6-11-26-19(30)15-8-5-9-17(29)13-15/h3-5,7-10,13,29H,2,6,11-12,14H2,1H3,(H,26,30)(H2,25,27,28). The van der Waals surface area contributed by atoms with Crippen molar-refractivity contribution in [3.8, 4) is 11.5 Å². The number of aliphatic imine (C=N–C) groups is 1. The van der Waals surface area contributed by atoms with Gasteiger partial charge in [-0.1, -0.05) is 24.3 Å². The van der Waals surface area contributed by atoms with Crippen molar-refractivity contribution in [1.82, 2.24) is 16.0 Å². The second-order valence-corrected chi connectivity index (χ2v) is 6.44. The van der Waals surface area contributed by atoms with E-state index in [1.807, 2.05) is 6.92 Å². The number of carbonyl (C=O) groups excluding carboxylic acids is 1. The van der Waals surface area contributed by atoms with Gasteiger partial charge >= 0.3 is 6.36 Å². The molecular weight excluding hydrogens is 413 g/mol. The van der Waals surface area contributed by atoms with E-state index in [2.05, 4.69) is 25.7 Å². The SMILES string of the molecule is CCNC(=NCc1ccccc1OC(F)(F)F)NCCCNC(=O)c1cccc(O)c1. The Kier molecular flexibility index (Phi) is 8.98. The molecule has 0 spiro atoms. The highest BCUT2D eigenvalue weighted by Crippen LogP contribution is 2.26. The summed E-state index contributed by atoms with van der Waals surface area (Å²) in [5.74, 6) is -0.131. The van der Waals surface area contributed by atoms with E-state index >= 15 is 0 Å². The average Bonchev–Trinajstić information content (AvgIpc) is 2.71. The van der Waals surface area contributed by atoms with Gasteiger partial charge in [-0.25, -0.2) is 4.99 Å². The van der Waals surface area contributed by atoms with E-state index in [0.717, 1.165) is 0 Å². The molecule has 168 valence electrons. The summed E-state index contributed by atoms with van der Waals surface area (Å²) >= 11 is 0. The molecule has 0 radical (unpaired) electrons. The third kappa shape index (κ3) is 8.85. The highest BCUT2D eigenvalue weighted by atomic mass is 19.4. The number of para-hydroxylation sites is 1. The van der Waals surface area contributed by atoms with Crippen LogP contribution in [0.5, 0.6) is 11.5 Å². The monoisotopic (exact) mass is 438 g/mol. The van der Waals surface area contributed by atoms with Gasteiger partial charge in [-0.3, -0.25) is 4.79 Å². The summed E-state index contributed by atoms with van der Waals surface area (Å²) in [6, 6.07) is 11.9. The van der Waals surface area contributed by atoms with Gasteiger partial charge in [-0.2, -0.15) is 0 Å². The summed E-state index contributed by atoms with van der Waals surface area (Å²) in [7, 11) is 0. The minimum absolute atomic E-state index is 0.00414. The lowest BCUT2D eigenvalue weighted by molar-refractivity contribution is -0.274. The number of phenolic OH excluding ortho intramolecular Hbond substituents is 1. The minimum atomic E-state index is -4.77. The number of alkyl halides is 3. The number of halogens is 3. The summed E-state index contributed by atoms with van der Waals surface area (Å²) in [5, 5.41) is 18.2. The van der Waals surface area contributed by atoms with Crippen LogP contribution in [-0.4, -0.2) is 43.0 Å². The maximum Gasteiger partial charge on any atom is 0.573 e. The van der Waals surface area contributed by atoms with Gasteiger partial charge in [-0.15, -0.1) is 13.2 Å². The molecule has 1 amide bonds. The Morgan fingerprint density at radius 3 is 2.52 bits per heavy atom. The Morgan fingerprint density at radius 1 is 1.06 bits per heavy atom. The fourth-order valence-electron chi connectivity index (χ4n) is 2.61. The van der Waals surface area contributed by atoms with E-state index in [1.165, 1.54) is 30.3 Å². The first kappa shape index (κ1) is 23.8. The van der Waals surface area contributed by atoms with E-state index in [4.69, 9.17) is 0 Å². The maximum atomic E-state index is 12.5. The third-order valence-corrected chi connectivity index (χ3v) is 3.99. The largest absolute Gasteiger partial charge is 0.573 e. The van der Waals surface area contributed by atoms with Crippen LogP contribution in [0.4, 0.5) is 13.2 Å². The van der Waals surface area contributed by atoms with Crippen molar-refractivity contribution in [2.75, 3.05) is 19.6 Å². The first-order valence-electron chi connectivity index (χ1n) is 9.71. The number of hydrogen-bond acceptors (Lipinski definition) is 4. The number of carbonyl (C=O) groups is 1. The molecule has 0 unspecified atom stereocenters. The van der Waals surface area contributed by atoms with Crippen LogP contribution >= 0.6 is 0 Å². The van der Waals surface area contributed by atoms with Gasteiger partial charge in [0, 0.05) is 30.8 Å². The predicted octanol–water partition coefficient (Wildman–Crippen LogP) is 3.17. The van der Waals surface area contributed by atoms with Crippen molar-refractivity contribution in [1.29, 1.82) is 0 Å². The van der Waals surface area contributed by atoms with Crippen LogP contribution in [0, 0.1) is 0 Å². The molecular formula is C21H25F3N4O3. The van der Waals surface area contributed by atoms with E-state index in [1.54, 1.807) is 18.2 Å². The van der Waals surface area contributed by atoms with Gasteiger partial charge in [0.05, 0.1) is 6.54 Å². The van der Waals surface area contributed by atoms with Gasteiger partial charge in [-0.05, 0) is 37.6 Å². The molecule has 4 N–H and O–H groups in total. The number of hydrogen-bond donors (Lipinski definition) is 4. The van der Waals surface area contributed by atoms with Crippen molar-refractivity contribution < 1.29 is 27.8 Å². The Balaban J connectivity index is 1.83. The molecule has 2 rings (SSSR count). The Labute approximate surface area is 178 Å². The highest BCUT2D eigenvalue weighted by molar-refractivity contribution is 5.94. The molecule has 0 fully saturated rings. The number of rotatable bonds is 9. The normalized spacial score (nSPS) is 11.7. The smallest absolute Gasteiger partial charge is 0.508 e. The first-order valence-corrected chi connectivity index (χ1v) is 9.71. The van der Waals surface area contributed by atoms with Crippen LogP contribution in [0.25, 0.3) is 0 Å². The number of ether oxygens (including phenoxy) is 1. The first-order chi connectivity index (χ1) is 14.8. The van der Waals surface area contributed by atoms with Crippen molar-refractivity contribution in [3.63, 3.8) is 0 Å². The van der Waals surface area contributed by atoms with Gasteiger partial charge in [0.25, 0.3) is 5.91 Å². The molecule has 0 heterocycles. The van der Waals surface area contributed by atoms with Crippen molar-refractivity contribution in [3.05, 3.63) is 59.7 Å². The Morgan fingerprint density at radius 2 is 1.81 bits per heavy atom. The van der Waals surface area contributed by atoms with Gasteiger partial charge in [0.15, 0.2) is 5.96 Å². The topological polar surface area (TPSA) is 95.0 Å². The van der Waals surface area contributed by atoms with Crippen LogP contribution in [0.3, 0.4) is 0 Å². The quantitative estimate of drug-likeness (QED) is 0.274. The Hall–Kier alpha value is -3.43. The predicted molar refractivity (Wildman–Crippen MR) is 111 cm³/mol. The summed E-state index contributed by atoms with van der Waals surface area (Å²) in [6.45, 7) is 3.31. The molecule has 0 aliphatic carbocycles. The zero-order valence-electron chi connectivity index (χ0n) is 17.0. The molecule has 0 atom stereocenters. The lowest BCUT2D eigenvalue weighted by atomic mass is 10.2. The molecule has 2 aromatic carbocycles. The zero-order valence-corrected chi connectivity index (χ0v) is 17.0. The number of benzene rings is 2. The van der Waals surface area contributed by atoms with Crippen molar-refractivity contribution >= 4 is 11.9 Å². The molecule has 0 aliphatic heterocycles. The summed E-state index contributed by atoms with van der Waals surface area (Å²) in [6.07, 6.45) is -4.19. The summed E-state index contributed by atoms with van der Waals surface area (Å²) in [4.78, 5) is 16.3. The molecule has 7 nitrogen and oxygen atoms in total. The lowest BCUT2D eigenvalue weighted by Gasteiger charge is -2.14. The number of guanidine groups is 1. The third-order valence-electron chi connectivity index (χ3n) is 3.99. The molecule has 0 bridgehead atoms. The molecule has 0 saturated heterocycles. The fourth-order valence-corrected chi connectivity index (χ4v) is 2.61. The van der Waals surface area contributed by atoms with Gasteiger partial charge in [0.1, 0.15) is 11.5 Å². The van der Waals surface area contributed by atoms with E-state index in [-0.39, 0.29) is 24.0 Å². The maximum absolute atomic E-state index is 12.5. The van der Waals surface area contributed by atoms with Crippen LogP contribution in [0.1, 0.15) is 29.3 Å². The summed E-state index contributed by atoms with van der Waals surface area (Å²) < 4.78 is 41.7. The number of nitrogens with zero attached hydrogens (tertiary/aromatic N) is 1. The molecule has 0 aliphatic rings. The second kappa shape index (κ2) is 11.7. The summed E-state index contributed by atoms with van der Waals surface area (Å²) in [5.41, 5.74) is 0.665. The lowest BCUT2D eigenvalue weighted by Crippen LogP contribution is -2.38. The molecule has 0 saturated carbocycles. The van der Waals surface area contributed by atoms with Crippen LogP contribution in [0.15, 0.2) is 53.5 Å². The fraction of sp³-hybridized carbons (Fsp3) is 0.333. The number of amides is 1. The molecule has 31 heavy (non-hydrogen) atoms. The van der Waals surface area contributed by atoms with Crippen LogP contribution in [-0.2, 0) is 6.54 Å². The van der Waals surface area contributed by atoms with Crippen molar-refractivity contribution in [2.45, 2.75) is 26.3 Å².